The van der Waals surface area contributed by atoms with Crippen LogP contribution >= 0.6 is 0 Å². The predicted molar refractivity (Wildman–Crippen MR) is 139 cm³/mol. The molecule has 0 saturated heterocycles. The van der Waals surface area contributed by atoms with E-state index in [4.69, 9.17) is 9.97 Å². The number of benzene rings is 2. The van der Waals surface area contributed by atoms with Crippen molar-refractivity contribution in [2.45, 2.75) is 68.9 Å². The highest BCUT2D eigenvalue weighted by Crippen LogP contribution is 2.33. The van der Waals surface area contributed by atoms with Gasteiger partial charge in [-0.25, -0.2) is 9.97 Å². The molecule has 0 fully saturated rings. The zero-order chi connectivity index (χ0) is 24.1. The smallest absolute Gasteiger partial charge is 0.140 e. The molecule has 172 valence electrons. The van der Waals surface area contributed by atoms with Gasteiger partial charge >= 0.3 is 0 Å². The number of nitrogens with one attached hydrogen (secondary N) is 1. The first-order valence-electron chi connectivity index (χ1n) is 11.4. The van der Waals surface area contributed by atoms with Gasteiger partial charge in [-0.05, 0) is 76.5 Å². The summed E-state index contributed by atoms with van der Waals surface area (Å²) in [5.74, 6) is 1.84. The van der Waals surface area contributed by atoms with Crippen LogP contribution in [0.1, 0.15) is 61.3 Å². The highest BCUT2D eigenvalue weighted by atomic mass is 15.2. The van der Waals surface area contributed by atoms with Crippen LogP contribution in [0.2, 0.25) is 0 Å². The van der Waals surface area contributed by atoms with E-state index in [1.807, 2.05) is 54.8 Å². The second-order valence-electron chi connectivity index (χ2n) is 7.16. The van der Waals surface area contributed by atoms with Crippen molar-refractivity contribution in [2.75, 3.05) is 26.0 Å². The van der Waals surface area contributed by atoms with Crippen LogP contribution in [-0.2, 0) is 6.54 Å². The van der Waals surface area contributed by atoms with Gasteiger partial charge in [0.05, 0.1) is 5.52 Å². The lowest BCUT2D eigenvalue weighted by Crippen LogP contribution is -2.19. The number of rotatable bonds is 3. The molecule has 31 heavy (non-hydrogen) atoms. The second kappa shape index (κ2) is 14.5. The molecular formula is C27H44N4. The van der Waals surface area contributed by atoms with Crippen LogP contribution in [-0.4, -0.2) is 31.1 Å². The molecule has 0 unspecified atom stereocenters. The number of fused-ring (bicyclic) bond motifs is 1. The largest absolute Gasteiger partial charge is 0.355 e. The molecule has 1 heterocycles. The van der Waals surface area contributed by atoms with E-state index in [1.54, 1.807) is 0 Å². The quantitative estimate of drug-likeness (QED) is 0.508. The summed E-state index contributed by atoms with van der Waals surface area (Å²) in [6, 6.07) is 10.5. The van der Waals surface area contributed by atoms with Crippen molar-refractivity contribution in [1.29, 1.82) is 0 Å². The summed E-state index contributed by atoms with van der Waals surface area (Å²) in [5.41, 5.74) is 7.56. The van der Waals surface area contributed by atoms with Crippen molar-refractivity contribution in [3.05, 3.63) is 64.0 Å². The highest BCUT2D eigenvalue weighted by molar-refractivity contribution is 5.96. The van der Waals surface area contributed by atoms with Gasteiger partial charge in [-0.1, -0.05) is 58.0 Å². The Morgan fingerprint density at radius 3 is 1.74 bits per heavy atom. The molecule has 3 aromatic rings. The highest BCUT2D eigenvalue weighted by Gasteiger charge is 2.17. The zero-order valence-electron chi connectivity index (χ0n) is 21.9. The van der Waals surface area contributed by atoms with Crippen LogP contribution in [0.3, 0.4) is 0 Å². The van der Waals surface area contributed by atoms with Gasteiger partial charge in [0, 0.05) is 19.0 Å². The molecule has 0 aliphatic carbocycles. The number of hydrogen-bond acceptors (Lipinski definition) is 4. The lowest BCUT2D eigenvalue weighted by atomic mass is 9.94. The predicted octanol–water partition coefficient (Wildman–Crippen LogP) is 6.70. The monoisotopic (exact) mass is 424 g/mol. The molecular weight excluding hydrogens is 380 g/mol. The molecule has 4 nitrogen and oxygen atoms in total. The van der Waals surface area contributed by atoms with E-state index >= 15 is 0 Å². The molecule has 0 bridgehead atoms. The van der Waals surface area contributed by atoms with Gasteiger partial charge < -0.3 is 10.2 Å². The first-order chi connectivity index (χ1) is 14.8. The summed E-state index contributed by atoms with van der Waals surface area (Å²) < 4.78 is 0. The average molecular weight is 425 g/mol. The van der Waals surface area contributed by atoms with Gasteiger partial charge in [-0.2, -0.15) is 0 Å². The Kier molecular flexibility index (Phi) is 13.4. The van der Waals surface area contributed by atoms with Gasteiger partial charge in [0.15, 0.2) is 0 Å². The Hall–Kier alpha value is -2.46. The zero-order valence-corrected chi connectivity index (χ0v) is 21.9. The molecule has 0 radical (unpaired) electrons. The number of anilines is 1. The minimum absolute atomic E-state index is 0.822. The number of nitrogens with zero attached hydrogens (tertiary/aromatic N) is 3. The van der Waals surface area contributed by atoms with Crippen LogP contribution in [0.15, 0.2) is 30.3 Å². The molecule has 3 rings (SSSR count). The Labute approximate surface area is 191 Å². The Morgan fingerprint density at radius 1 is 0.742 bits per heavy atom. The SMILES string of the molecule is CC.CC.CNC.Cc1nc(N(C)Cc2ccccc2)c2c(C)c(C)c(C)c(C)c2n1. The molecule has 1 N–H and O–H groups in total. The van der Waals surface area contributed by atoms with Crippen LogP contribution in [0.4, 0.5) is 5.82 Å². The van der Waals surface area contributed by atoms with Crippen LogP contribution in [0.5, 0.6) is 0 Å². The van der Waals surface area contributed by atoms with Gasteiger partial charge in [-0.15, -0.1) is 0 Å². The van der Waals surface area contributed by atoms with Crippen molar-refractivity contribution in [3.8, 4) is 0 Å². The van der Waals surface area contributed by atoms with E-state index in [1.165, 1.54) is 33.2 Å². The van der Waals surface area contributed by atoms with Gasteiger partial charge in [0.1, 0.15) is 11.6 Å². The third-order valence-electron chi connectivity index (χ3n) is 5.04. The van der Waals surface area contributed by atoms with E-state index in [0.717, 1.165) is 23.7 Å². The molecule has 0 aliphatic heterocycles. The Morgan fingerprint density at radius 2 is 1.23 bits per heavy atom. The summed E-state index contributed by atoms with van der Waals surface area (Å²) in [5, 5.41) is 3.93. The second-order valence-corrected chi connectivity index (χ2v) is 7.16. The summed E-state index contributed by atoms with van der Waals surface area (Å²) >= 11 is 0. The molecule has 0 spiro atoms. The van der Waals surface area contributed by atoms with E-state index in [-0.39, 0.29) is 0 Å². The third kappa shape index (κ3) is 7.32. The topological polar surface area (TPSA) is 41.1 Å². The first kappa shape index (κ1) is 28.5. The molecule has 4 heteroatoms. The van der Waals surface area contributed by atoms with E-state index < -0.39 is 0 Å². The van der Waals surface area contributed by atoms with Crippen molar-refractivity contribution in [2.24, 2.45) is 0 Å². The number of aryl methyl sites for hydroxylation is 3. The average Bonchev–Trinajstić information content (AvgIpc) is 2.79. The van der Waals surface area contributed by atoms with Gasteiger partial charge in [-0.3, -0.25) is 0 Å². The fraction of sp³-hybridized carbons (Fsp3) is 0.481. The van der Waals surface area contributed by atoms with Crippen LogP contribution < -0.4 is 10.2 Å². The molecule has 0 aliphatic rings. The van der Waals surface area contributed by atoms with Crippen molar-refractivity contribution in [3.63, 3.8) is 0 Å². The standard InChI is InChI=1S/C21H25N3.C2H7N.2C2H6/c1-13-14(2)16(4)20-19(15(13)3)21(23-17(5)22-20)24(6)12-18-10-8-7-9-11-18;1-3-2;2*1-2/h7-11H,12H2,1-6H3;3H,1-2H3;2*1-2H3. The summed E-state index contributed by atoms with van der Waals surface area (Å²) in [6.45, 7) is 19.5. The molecule has 2 aromatic carbocycles. The molecule has 1 aromatic heterocycles. The summed E-state index contributed by atoms with van der Waals surface area (Å²) in [7, 11) is 5.86. The van der Waals surface area contributed by atoms with Crippen molar-refractivity contribution in [1.82, 2.24) is 15.3 Å². The van der Waals surface area contributed by atoms with Gasteiger partial charge in [0.2, 0.25) is 0 Å². The van der Waals surface area contributed by atoms with Gasteiger partial charge in [0.25, 0.3) is 0 Å². The van der Waals surface area contributed by atoms with Crippen LogP contribution in [0, 0.1) is 34.6 Å². The van der Waals surface area contributed by atoms with E-state index in [9.17, 15) is 0 Å². The molecule has 0 atom stereocenters. The third-order valence-corrected chi connectivity index (χ3v) is 5.04. The van der Waals surface area contributed by atoms with E-state index in [0.29, 0.717) is 0 Å². The van der Waals surface area contributed by atoms with Crippen molar-refractivity contribution < 1.29 is 0 Å². The molecule has 0 saturated carbocycles. The fourth-order valence-corrected chi connectivity index (χ4v) is 3.31. The maximum Gasteiger partial charge on any atom is 0.140 e. The number of aromatic nitrogens is 2. The Balaban J connectivity index is 0.00000116. The minimum atomic E-state index is 0.822. The van der Waals surface area contributed by atoms with Crippen LogP contribution in [0.25, 0.3) is 10.9 Å². The molecule has 0 amide bonds. The Bertz CT molecular complexity index is 918. The normalized spacial score (nSPS) is 9.55. The lowest BCUT2D eigenvalue weighted by Gasteiger charge is -2.23. The lowest BCUT2D eigenvalue weighted by molar-refractivity contribution is 0.889. The minimum Gasteiger partial charge on any atom is -0.355 e. The summed E-state index contributed by atoms with van der Waals surface area (Å²) in [4.78, 5) is 11.8. The maximum atomic E-state index is 4.78. The van der Waals surface area contributed by atoms with Crippen molar-refractivity contribution >= 4 is 16.7 Å². The first-order valence-corrected chi connectivity index (χ1v) is 11.4. The summed E-state index contributed by atoms with van der Waals surface area (Å²) in [6.07, 6.45) is 0. The number of hydrogen-bond donors (Lipinski definition) is 1. The van der Waals surface area contributed by atoms with E-state index in [2.05, 4.69) is 69.2 Å². The maximum absolute atomic E-state index is 4.78. The fourth-order valence-electron chi connectivity index (χ4n) is 3.31.